The van der Waals surface area contributed by atoms with Crippen LogP contribution in [0.25, 0.3) is 0 Å². The maximum Gasteiger partial charge on any atom is 0.293 e. The standard InChI is InChI=1S/C17H15N5O2/c1-11-10-13(12-6-3-2-4-7-12)22-17(18-11)20-16(21-22)19-15(23)14-8-5-9-24-14/h2-10,13H,1H3,(H2,18,19,20,21,23)/t13-/m0/s1. The Balaban J connectivity index is 1.65. The molecule has 3 aromatic rings. The van der Waals surface area contributed by atoms with Gasteiger partial charge >= 0.3 is 0 Å². The third kappa shape index (κ3) is 2.56. The molecule has 7 nitrogen and oxygen atoms in total. The number of nitrogens with zero attached hydrogens (tertiary/aromatic N) is 3. The number of hydrogen-bond donors (Lipinski definition) is 2. The maximum absolute atomic E-state index is 12.1. The van der Waals surface area contributed by atoms with Crippen molar-refractivity contribution in [3.63, 3.8) is 0 Å². The number of aromatic nitrogens is 3. The van der Waals surface area contributed by atoms with E-state index in [0.29, 0.717) is 5.95 Å². The fourth-order valence-corrected chi connectivity index (χ4v) is 2.64. The molecule has 3 heterocycles. The Morgan fingerprint density at radius 2 is 2.08 bits per heavy atom. The number of nitrogens with one attached hydrogen (secondary N) is 2. The molecule has 0 spiro atoms. The molecule has 120 valence electrons. The molecule has 0 aliphatic carbocycles. The first kappa shape index (κ1) is 14.3. The molecule has 1 atom stereocenters. The Labute approximate surface area is 138 Å². The van der Waals surface area contributed by atoms with Crippen LogP contribution < -0.4 is 10.6 Å². The Kier molecular flexibility index (Phi) is 3.38. The van der Waals surface area contributed by atoms with Gasteiger partial charge in [0.2, 0.25) is 5.95 Å². The van der Waals surface area contributed by atoms with Gasteiger partial charge in [0.05, 0.1) is 6.26 Å². The molecule has 1 amide bonds. The van der Waals surface area contributed by atoms with E-state index in [-0.39, 0.29) is 23.7 Å². The molecule has 0 radical (unpaired) electrons. The summed E-state index contributed by atoms with van der Waals surface area (Å²) in [6.07, 6.45) is 3.51. The highest BCUT2D eigenvalue weighted by atomic mass is 16.3. The van der Waals surface area contributed by atoms with Gasteiger partial charge in [-0.3, -0.25) is 10.1 Å². The van der Waals surface area contributed by atoms with Crippen LogP contribution >= 0.6 is 0 Å². The predicted octanol–water partition coefficient (Wildman–Crippen LogP) is 3.04. The van der Waals surface area contributed by atoms with Crippen molar-refractivity contribution in [2.24, 2.45) is 0 Å². The van der Waals surface area contributed by atoms with Crippen LogP contribution in [0, 0.1) is 0 Å². The SMILES string of the molecule is CC1=C[C@@H](c2ccccc2)n2nc(NC(=O)c3ccco3)nc2N1. The number of furan rings is 1. The summed E-state index contributed by atoms with van der Waals surface area (Å²) >= 11 is 0. The Hall–Kier alpha value is -3.35. The number of carbonyl (C=O) groups is 1. The zero-order valence-corrected chi connectivity index (χ0v) is 12.9. The highest BCUT2D eigenvalue weighted by molar-refractivity contribution is 6.01. The number of fused-ring (bicyclic) bond motifs is 1. The first-order chi connectivity index (χ1) is 11.7. The second-order valence-corrected chi connectivity index (χ2v) is 5.47. The minimum Gasteiger partial charge on any atom is -0.459 e. The van der Waals surface area contributed by atoms with Crippen molar-refractivity contribution < 1.29 is 9.21 Å². The first-order valence-corrected chi connectivity index (χ1v) is 7.52. The van der Waals surface area contributed by atoms with Gasteiger partial charge in [0, 0.05) is 5.70 Å². The van der Waals surface area contributed by atoms with Crippen molar-refractivity contribution in [3.05, 3.63) is 71.8 Å². The smallest absolute Gasteiger partial charge is 0.293 e. The number of hydrogen-bond acceptors (Lipinski definition) is 5. The molecule has 2 N–H and O–H groups in total. The molecule has 1 aromatic carbocycles. The summed E-state index contributed by atoms with van der Waals surface area (Å²) in [5.74, 6) is 0.634. The molecule has 24 heavy (non-hydrogen) atoms. The maximum atomic E-state index is 12.1. The molecule has 0 bridgehead atoms. The van der Waals surface area contributed by atoms with Gasteiger partial charge in [-0.05, 0) is 30.7 Å². The van der Waals surface area contributed by atoms with Crippen molar-refractivity contribution >= 4 is 17.8 Å². The lowest BCUT2D eigenvalue weighted by atomic mass is 10.1. The van der Waals surface area contributed by atoms with Crippen molar-refractivity contribution in [3.8, 4) is 0 Å². The summed E-state index contributed by atoms with van der Waals surface area (Å²) in [4.78, 5) is 16.4. The van der Waals surface area contributed by atoms with Crippen molar-refractivity contribution in [1.82, 2.24) is 14.8 Å². The summed E-state index contributed by atoms with van der Waals surface area (Å²) in [7, 11) is 0. The van der Waals surface area contributed by atoms with Gasteiger partial charge in [0.25, 0.3) is 11.9 Å². The Morgan fingerprint density at radius 1 is 1.25 bits per heavy atom. The Morgan fingerprint density at radius 3 is 2.83 bits per heavy atom. The molecular formula is C17H15N5O2. The lowest BCUT2D eigenvalue weighted by molar-refractivity contribution is 0.0996. The molecule has 0 saturated carbocycles. The fourth-order valence-electron chi connectivity index (χ4n) is 2.64. The van der Waals surface area contributed by atoms with Crippen molar-refractivity contribution in [1.29, 1.82) is 0 Å². The van der Waals surface area contributed by atoms with Gasteiger partial charge in [-0.25, -0.2) is 4.68 Å². The molecular weight excluding hydrogens is 306 g/mol. The average molecular weight is 321 g/mol. The summed E-state index contributed by atoms with van der Waals surface area (Å²) in [6, 6.07) is 13.2. The minimum atomic E-state index is -0.385. The quantitative estimate of drug-likeness (QED) is 0.774. The molecule has 2 aromatic heterocycles. The van der Waals surface area contributed by atoms with E-state index in [2.05, 4.69) is 26.8 Å². The molecule has 0 unspecified atom stereocenters. The second kappa shape index (κ2) is 5.69. The van der Waals surface area contributed by atoms with E-state index < -0.39 is 0 Å². The van der Waals surface area contributed by atoms with Gasteiger partial charge in [-0.15, -0.1) is 5.10 Å². The van der Waals surface area contributed by atoms with Gasteiger partial charge in [0.1, 0.15) is 6.04 Å². The molecule has 1 aliphatic heterocycles. The molecule has 0 fully saturated rings. The van der Waals surface area contributed by atoms with Crippen LogP contribution in [0.1, 0.15) is 29.1 Å². The zero-order valence-electron chi connectivity index (χ0n) is 12.9. The van der Waals surface area contributed by atoms with Gasteiger partial charge < -0.3 is 9.73 Å². The summed E-state index contributed by atoms with van der Waals surface area (Å²) in [5.41, 5.74) is 2.07. The fraction of sp³-hybridized carbons (Fsp3) is 0.118. The van der Waals surface area contributed by atoms with Gasteiger partial charge in [-0.1, -0.05) is 30.3 Å². The van der Waals surface area contributed by atoms with E-state index >= 15 is 0 Å². The second-order valence-electron chi connectivity index (χ2n) is 5.47. The van der Waals surface area contributed by atoms with Crippen LogP contribution in [-0.4, -0.2) is 20.7 Å². The van der Waals surface area contributed by atoms with Crippen molar-refractivity contribution in [2.75, 3.05) is 10.6 Å². The summed E-state index contributed by atoms with van der Waals surface area (Å²) in [5, 5.41) is 10.2. The highest BCUT2D eigenvalue weighted by Gasteiger charge is 2.24. The molecule has 0 saturated heterocycles. The molecule has 1 aliphatic rings. The number of carbonyl (C=O) groups excluding carboxylic acids is 1. The third-order valence-corrected chi connectivity index (χ3v) is 3.72. The Bertz CT molecular complexity index is 896. The van der Waals surface area contributed by atoms with Crippen LogP contribution in [0.2, 0.25) is 0 Å². The van der Waals surface area contributed by atoms with Crippen LogP contribution in [-0.2, 0) is 0 Å². The first-order valence-electron chi connectivity index (χ1n) is 7.52. The van der Waals surface area contributed by atoms with E-state index in [1.807, 2.05) is 37.3 Å². The number of allylic oxidation sites excluding steroid dienone is 2. The lowest BCUT2D eigenvalue weighted by Crippen LogP contribution is -2.19. The largest absolute Gasteiger partial charge is 0.459 e. The van der Waals surface area contributed by atoms with E-state index in [0.717, 1.165) is 11.3 Å². The predicted molar refractivity (Wildman–Crippen MR) is 88.6 cm³/mol. The summed E-state index contributed by atoms with van der Waals surface area (Å²) < 4.78 is 6.83. The normalized spacial score (nSPS) is 16.0. The highest BCUT2D eigenvalue weighted by Crippen LogP contribution is 2.29. The zero-order chi connectivity index (χ0) is 16.5. The number of rotatable bonds is 3. The topological polar surface area (TPSA) is 85.0 Å². The monoisotopic (exact) mass is 321 g/mol. The average Bonchev–Trinajstić information content (AvgIpc) is 3.24. The van der Waals surface area contributed by atoms with E-state index in [1.54, 1.807) is 16.8 Å². The number of amides is 1. The number of benzene rings is 1. The van der Waals surface area contributed by atoms with E-state index in [9.17, 15) is 4.79 Å². The van der Waals surface area contributed by atoms with Crippen LogP contribution in [0.3, 0.4) is 0 Å². The molecule has 4 rings (SSSR count). The van der Waals surface area contributed by atoms with Gasteiger partial charge in [0.15, 0.2) is 5.76 Å². The van der Waals surface area contributed by atoms with E-state index in [4.69, 9.17) is 4.42 Å². The van der Waals surface area contributed by atoms with Crippen LogP contribution in [0.4, 0.5) is 11.9 Å². The lowest BCUT2D eigenvalue weighted by Gasteiger charge is -2.22. The van der Waals surface area contributed by atoms with E-state index in [1.165, 1.54) is 6.26 Å². The van der Waals surface area contributed by atoms with Crippen molar-refractivity contribution in [2.45, 2.75) is 13.0 Å². The van der Waals surface area contributed by atoms with Crippen LogP contribution in [0.15, 0.2) is 64.9 Å². The van der Waals surface area contributed by atoms with Gasteiger partial charge in [-0.2, -0.15) is 4.98 Å². The number of anilines is 2. The third-order valence-electron chi connectivity index (χ3n) is 3.72. The molecule has 7 heteroatoms. The minimum absolute atomic E-state index is 0.0794. The summed E-state index contributed by atoms with van der Waals surface area (Å²) in [6.45, 7) is 1.97. The van der Waals surface area contributed by atoms with Crippen LogP contribution in [0.5, 0.6) is 0 Å².